The van der Waals surface area contributed by atoms with Crippen molar-refractivity contribution in [3.05, 3.63) is 35.2 Å². The summed E-state index contributed by atoms with van der Waals surface area (Å²) in [5.74, 6) is 0. The van der Waals surface area contributed by atoms with E-state index in [4.69, 9.17) is 17.3 Å². The molecular weight excluding hydrogens is 260 g/mol. The number of nitrogens with zero attached hydrogens (tertiary/aromatic N) is 3. The highest BCUT2D eigenvalue weighted by Crippen LogP contribution is 2.19. The van der Waals surface area contributed by atoms with Crippen molar-refractivity contribution in [2.75, 3.05) is 13.1 Å². The first-order valence-electron chi connectivity index (χ1n) is 6.83. The van der Waals surface area contributed by atoms with Crippen LogP contribution in [0.3, 0.4) is 0 Å². The maximum Gasteiger partial charge on any atom is 0.137 e. The topological polar surface area (TPSA) is 46.6 Å². The molecule has 1 unspecified atom stereocenters. The van der Waals surface area contributed by atoms with Crippen LogP contribution in [0.5, 0.6) is 0 Å². The van der Waals surface area contributed by atoms with Crippen molar-refractivity contribution >= 4 is 17.2 Å². The first-order valence-corrected chi connectivity index (χ1v) is 7.21. The standard InChI is InChI=1S/C14H19ClN4/c15-11-4-5-14-17-12(10-19(14)8-11)9-18-6-2-1-3-13(18)7-16/h4-5,8,10,13H,1-3,6-7,9,16H2. The van der Waals surface area contributed by atoms with E-state index in [1.807, 2.05) is 22.7 Å². The summed E-state index contributed by atoms with van der Waals surface area (Å²) in [6.45, 7) is 2.73. The molecule has 0 amide bonds. The average Bonchev–Trinajstić information content (AvgIpc) is 2.80. The molecule has 1 saturated heterocycles. The van der Waals surface area contributed by atoms with Gasteiger partial charge >= 0.3 is 0 Å². The monoisotopic (exact) mass is 278 g/mol. The molecule has 0 saturated carbocycles. The average molecular weight is 279 g/mol. The molecule has 0 bridgehead atoms. The Hall–Kier alpha value is -1.10. The van der Waals surface area contributed by atoms with Gasteiger partial charge in [0.05, 0.1) is 10.7 Å². The summed E-state index contributed by atoms with van der Waals surface area (Å²) < 4.78 is 1.99. The molecule has 1 aliphatic rings. The van der Waals surface area contributed by atoms with Crippen LogP contribution in [0, 0.1) is 0 Å². The number of halogens is 1. The summed E-state index contributed by atoms with van der Waals surface area (Å²) in [5, 5.41) is 0.731. The molecule has 1 atom stereocenters. The molecule has 1 aliphatic heterocycles. The highest BCUT2D eigenvalue weighted by molar-refractivity contribution is 6.30. The third-order valence-corrected chi connectivity index (χ3v) is 4.07. The van der Waals surface area contributed by atoms with Gasteiger partial charge in [0, 0.05) is 31.5 Å². The third kappa shape index (κ3) is 2.76. The minimum absolute atomic E-state index is 0.502. The third-order valence-electron chi connectivity index (χ3n) is 3.85. The van der Waals surface area contributed by atoms with E-state index < -0.39 is 0 Å². The summed E-state index contributed by atoms with van der Waals surface area (Å²) in [6.07, 6.45) is 7.71. The van der Waals surface area contributed by atoms with Crippen LogP contribution >= 0.6 is 11.6 Å². The quantitative estimate of drug-likeness (QED) is 0.937. The van der Waals surface area contributed by atoms with E-state index in [2.05, 4.69) is 16.1 Å². The Bertz CT molecular complexity index is 566. The van der Waals surface area contributed by atoms with Gasteiger partial charge in [0.25, 0.3) is 0 Å². The van der Waals surface area contributed by atoms with E-state index in [-0.39, 0.29) is 0 Å². The molecule has 1 fully saturated rings. The van der Waals surface area contributed by atoms with Gasteiger partial charge in [-0.05, 0) is 31.5 Å². The lowest BCUT2D eigenvalue weighted by Crippen LogP contribution is -2.43. The van der Waals surface area contributed by atoms with Gasteiger partial charge in [0.1, 0.15) is 5.65 Å². The largest absolute Gasteiger partial charge is 0.329 e. The number of rotatable bonds is 3. The predicted molar refractivity (Wildman–Crippen MR) is 77.3 cm³/mol. The van der Waals surface area contributed by atoms with Crippen molar-refractivity contribution in [1.29, 1.82) is 0 Å². The molecule has 4 nitrogen and oxygen atoms in total. The maximum absolute atomic E-state index is 5.99. The number of hydrogen-bond donors (Lipinski definition) is 1. The zero-order valence-electron chi connectivity index (χ0n) is 10.9. The number of nitrogens with two attached hydrogens (primary N) is 1. The van der Waals surface area contributed by atoms with Gasteiger partial charge in [0.2, 0.25) is 0 Å². The molecule has 2 aromatic heterocycles. The molecule has 2 N–H and O–H groups in total. The first-order chi connectivity index (χ1) is 9.26. The Morgan fingerprint density at radius 3 is 3.05 bits per heavy atom. The van der Waals surface area contributed by atoms with Crippen LogP contribution in [0.15, 0.2) is 24.5 Å². The Labute approximate surface area is 118 Å². The Morgan fingerprint density at radius 1 is 1.32 bits per heavy atom. The van der Waals surface area contributed by atoms with Crippen LogP contribution in [0.2, 0.25) is 5.02 Å². The van der Waals surface area contributed by atoms with Crippen molar-refractivity contribution in [2.24, 2.45) is 5.73 Å². The molecular formula is C14H19ClN4. The number of likely N-dealkylation sites (tertiary alicyclic amines) is 1. The number of imidazole rings is 1. The van der Waals surface area contributed by atoms with Gasteiger partial charge in [0.15, 0.2) is 0 Å². The highest BCUT2D eigenvalue weighted by atomic mass is 35.5. The molecule has 0 spiro atoms. The van der Waals surface area contributed by atoms with E-state index in [0.717, 1.165) is 36.0 Å². The second kappa shape index (κ2) is 5.49. The van der Waals surface area contributed by atoms with Crippen molar-refractivity contribution in [3.8, 4) is 0 Å². The fourth-order valence-corrected chi connectivity index (χ4v) is 3.00. The second-order valence-corrected chi connectivity index (χ2v) is 5.64. The lowest BCUT2D eigenvalue weighted by Gasteiger charge is -2.34. The van der Waals surface area contributed by atoms with Crippen LogP contribution in [-0.4, -0.2) is 33.4 Å². The lowest BCUT2D eigenvalue weighted by molar-refractivity contribution is 0.143. The van der Waals surface area contributed by atoms with Gasteiger partial charge in [-0.1, -0.05) is 18.0 Å². The van der Waals surface area contributed by atoms with Gasteiger partial charge < -0.3 is 10.1 Å². The van der Waals surface area contributed by atoms with Crippen molar-refractivity contribution in [3.63, 3.8) is 0 Å². The van der Waals surface area contributed by atoms with Crippen molar-refractivity contribution in [2.45, 2.75) is 31.8 Å². The predicted octanol–water partition coefficient (Wildman–Crippen LogP) is 2.30. The first kappa shape index (κ1) is 12.9. The summed E-state index contributed by atoms with van der Waals surface area (Å²) in [7, 11) is 0. The van der Waals surface area contributed by atoms with E-state index in [1.165, 1.54) is 19.3 Å². The zero-order chi connectivity index (χ0) is 13.2. The molecule has 5 heteroatoms. The van der Waals surface area contributed by atoms with Crippen LogP contribution in [-0.2, 0) is 6.54 Å². The fourth-order valence-electron chi connectivity index (χ4n) is 2.84. The summed E-state index contributed by atoms with van der Waals surface area (Å²) in [6, 6.07) is 4.32. The highest BCUT2D eigenvalue weighted by Gasteiger charge is 2.21. The molecule has 0 aliphatic carbocycles. The van der Waals surface area contributed by atoms with E-state index in [9.17, 15) is 0 Å². The van der Waals surface area contributed by atoms with Crippen LogP contribution < -0.4 is 5.73 Å². The molecule has 0 aromatic carbocycles. The SMILES string of the molecule is NCC1CCCCN1Cc1cn2cc(Cl)ccc2n1. The van der Waals surface area contributed by atoms with Crippen LogP contribution in [0.4, 0.5) is 0 Å². The van der Waals surface area contributed by atoms with E-state index in [1.54, 1.807) is 0 Å². The van der Waals surface area contributed by atoms with Crippen LogP contribution in [0.25, 0.3) is 5.65 Å². The summed E-state index contributed by atoms with van der Waals surface area (Å²) >= 11 is 5.99. The zero-order valence-corrected chi connectivity index (χ0v) is 11.7. The van der Waals surface area contributed by atoms with Crippen molar-refractivity contribution in [1.82, 2.24) is 14.3 Å². The summed E-state index contributed by atoms with van der Waals surface area (Å²) in [5.41, 5.74) is 7.89. The van der Waals surface area contributed by atoms with Gasteiger partial charge in [-0.25, -0.2) is 4.98 Å². The Balaban J connectivity index is 1.80. The number of pyridine rings is 1. The second-order valence-electron chi connectivity index (χ2n) is 5.20. The number of aromatic nitrogens is 2. The Morgan fingerprint density at radius 2 is 2.21 bits per heavy atom. The van der Waals surface area contributed by atoms with Crippen molar-refractivity contribution < 1.29 is 0 Å². The number of hydrogen-bond acceptors (Lipinski definition) is 3. The minimum atomic E-state index is 0.502. The molecule has 3 rings (SSSR count). The Kier molecular flexibility index (Phi) is 3.73. The minimum Gasteiger partial charge on any atom is -0.329 e. The van der Waals surface area contributed by atoms with Gasteiger partial charge in [-0.3, -0.25) is 4.90 Å². The molecule has 19 heavy (non-hydrogen) atoms. The molecule has 2 aromatic rings. The molecule has 0 radical (unpaired) electrons. The molecule has 102 valence electrons. The maximum atomic E-state index is 5.99. The van der Waals surface area contributed by atoms with Gasteiger partial charge in [-0.2, -0.15) is 0 Å². The normalized spacial score (nSPS) is 21.1. The fraction of sp³-hybridized carbons (Fsp3) is 0.500. The lowest BCUT2D eigenvalue weighted by atomic mass is 10.0. The smallest absolute Gasteiger partial charge is 0.137 e. The number of piperidine rings is 1. The van der Waals surface area contributed by atoms with E-state index >= 15 is 0 Å². The molecule has 3 heterocycles. The van der Waals surface area contributed by atoms with Gasteiger partial charge in [-0.15, -0.1) is 0 Å². The van der Waals surface area contributed by atoms with Crippen LogP contribution in [0.1, 0.15) is 25.0 Å². The number of fused-ring (bicyclic) bond motifs is 1. The van der Waals surface area contributed by atoms with E-state index in [0.29, 0.717) is 6.04 Å². The summed E-state index contributed by atoms with van der Waals surface area (Å²) in [4.78, 5) is 7.09.